The van der Waals surface area contributed by atoms with Crippen molar-refractivity contribution in [2.75, 3.05) is 11.6 Å². The minimum atomic E-state index is -4.34. The summed E-state index contributed by atoms with van der Waals surface area (Å²) in [6.07, 6.45) is 3.59. The van der Waals surface area contributed by atoms with Gasteiger partial charge in [-0.05, 0) is 54.2 Å². The molecule has 2 aromatic rings. The average molecular weight is 615 g/mol. The lowest BCUT2D eigenvalue weighted by molar-refractivity contribution is -0.134. The first-order valence-corrected chi connectivity index (χ1v) is 16.8. The number of sulfonamides is 2. The second kappa shape index (κ2) is 9.26. The van der Waals surface area contributed by atoms with Crippen LogP contribution >= 0.6 is 22.9 Å². The van der Waals surface area contributed by atoms with Crippen LogP contribution in [0.3, 0.4) is 0 Å². The number of amidine groups is 1. The van der Waals surface area contributed by atoms with E-state index in [1.165, 1.54) is 23.6 Å². The van der Waals surface area contributed by atoms with Crippen LogP contribution in [0.25, 0.3) is 0 Å². The Morgan fingerprint density at radius 3 is 2.74 bits per heavy atom. The Morgan fingerprint density at radius 1 is 1.28 bits per heavy atom. The van der Waals surface area contributed by atoms with Gasteiger partial charge in [-0.1, -0.05) is 17.7 Å². The number of carbonyl (C=O) groups excluding carboxylic acids is 1. The molecular formula is C24H24ClFN4O6S3. The Hall–Kier alpha value is -2.52. The topological polar surface area (TPSA) is 145 Å². The first-order valence-electron chi connectivity index (χ1n) is 12.2. The fourth-order valence-corrected chi connectivity index (χ4v) is 9.62. The highest BCUT2D eigenvalue weighted by molar-refractivity contribution is 7.91. The Morgan fingerprint density at radius 2 is 2.03 bits per heavy atom. The summed E-state index contributed by atoms with van der Waals surface area (Å²) < 4.78 is 69.4. The number of rotatable bonds is 6. The molecule has 2 saturated carbocycles. The number of nitrogens with zero attached hydrogens (tertiary/aromatic N) is 2. The number of aliphatic hydroxyl groups is 1. The van der Waals surface area contributed by atoms with Gasteiger partial charge in [0.25, 0.3) is 15.9 Å². The third-order valence-corrected chi connectivity index (χ3v) is 11.4. The van der Waals surface area contributed by atoms with Crippen molar-refractivity contribution < 1.29 is 31.1 Å². The maximum atomic E-state index is 14.0. The van der Waals surface area contributed by atoms with Crippen LogP contribution in [0.15, 0.2) is 44.2 Å². The lowest BCUT2D eigenvalue weighted by Crippen LogP contribution is -2.53. The number of benzene rings is 1. The molecule has 10 nitrogen and oxygen atoms in total. The van der Waals surface area contributed by atoms with Gasteiger partial charge in [-0.3, -0.25) is 4.79 Å². The van der Waals surface area contributed by atoms with Crippen LogP contribution in [0.5, 0.6) is 0 Å². The molecule has 3 N–H and O–H groups in total. The molecule has 208 valence electrons. The van der Waals surface area contributed by atoms with Crippen LogP contribution in [0, 0.1) is 23.6 Å². The molecule has 4 aliphatic rings. The summed E-state index contributed by atoms with van der Waals surface area (Å²) >= 11 is 7.31. The number of carbonyl (C=O) groups is 1. The highest BCUT2D eigenvalue weighted by Crippen LogP contribution is 2.55. The molecule has 2 bridgehead atoms. The Kier molecular flexibility index (Phi) is 6.34. The number of nitrogens with one attached hydrogen (secondary N) is 2. The van der Waals surface area contributed by atoms with Gasteiger partial charge in [0, 0.05) is 35.6 Å². The van der Waals surface area contributed by atoms with Crippen molar-refractivity contribution in [2.45, 2.75) is 43.3 Å². The zero-order valence-electron chi connectivity index (χ0n) is 20.5. The maximum Gasteiger partial charge on any atom is 0.287 e. The maximum absolute atomic E-state index is 14.0. The molecule has 0 saturated heterocycles. The number of hydrogen-bond donors (Lipinski definition) is 3. The smallest absolute Gasteiger partial charge is 0.287 e. The van der Waals surface area contributed by atoms with Crippen molar-refractivity contribution in [1.29, 1.82) is 0 Å². The molecule has 2 fully saturated rings. The normalized spacial score (nSPS) is 27.3. The van der Waals surface area contributed by atoms with Crippen LogP contribution in [0.1, 0.15) is 30.4 Å². The molecule has 6 rings (SSSR count). The lowest BCUT2D eigenvalue weighted by atomic mass is 9.77. The van der Waals surface area contributed by atoms with Crippen LogP contribution in [0.2, 0.25) is 5.02 Å². The molecule has 2 aliphatic heterocycles. The number of amides is 1. The monoisotopic (exact) mass is 614 g/mol. The quantitative estimate of drug-likeness (QED) is 0.452. The van der Waals surface area contributed by atoms with Gasteiger partial charge in [-0.2, -0.15) is 8.42 Å². The highest BCUT2D eigenvalue weighted by atomic mass is 35.5. The molecule has 0 spiro atoms. The molecule has 1 aromatic carbocycles. The summed E-state index contributed by atoms with van der Waals surface area (Å²) in [4.78, 5) is 15.4. The van der Waals surface area contributed by atoms with Crippen LogP contribution in [0.4, 0.5) is 9.39 Å². The van der Waals surface area contributed by atoms with Crippen molar-refractivity contribution in [3.8, 4) is 0 Å². The van der Waals surface area contributed by atoms with E-state index in [4.69, 9.17) is 11.6 Å². The van der Waals surface area contributed by atoms with E-state index in [0.717, 1.165) is 36.9 Å². The molecule has 0 radical (unpaired) electrons. The molecular weight excluding hydrogens is 591 g/mol. The van der Waals surface area contributed by atoms with E-state index in [2.05, 4.69) is 14.4 Å². The average Bonchev–Trinajstić information content (AvgIpc) is 3.56. The Bertz CT molecular complexity index is 1690. The third kappa shape index (κ3) is 4.55. The zero-order valence-corrected chi connectivity index (χ0v) is 23.7. The first kappa shape index (κ1) is 26.7. The van der Waals surface area contributed by atoms with Gasteiger partial charge in [-0.25, -0.2) is 17.5 Å². The van der Waals surface area contributed by atoms with E-state index < -0.39 is 31.8 Å². The Labute approximate surface area is 233 Å². The van der Waals surface area contributed by atoms with Crippen molar-refractivity contribution in [1.82, 2.24) is 9.62 Å². The number of hydrogen-bond acceptors (Lipinski definition) is 8. The summed E-state index contributed by atoms with van der Waals surface area (Å²) in [5.74, 6) is -1.66. The second-order valence-electron chi connectivity index (χ2n) is 10.3. The van der Waals surface area contributed by atoms with Gasteiger partial charge in [0.15, 0.2) is 5.84 Å². The Balaban J connectivity index is 1.40. The minimum Gasteiger partial charge on any atom is -0.511 e. The summed E-state index contributed by atoms with van der Waals surface area (Å²) in [5.41, 5.74) is 0.522. The molecule has 1 amide bonds. The zero-order chi connectivity index (χ0) is 27.9. The molecule has 15 heteroatoms. The predicted octanol–water partition coefficient (Wildman–Crippen LogP) is 3.37. The van der Waals surface area contributed by atoms with E-state index in [1.54, 1.807) is 4.90 Å². The van der Waals surface area contributed by atoms with Crippen molar-refractivity contribution in [2.24, 2.45) is 22.2 Å². The third-order valence-electron chi connectivity index (χ3n) is 7.91. The molecule has 3 heterocycles. The number of fused-ring (bicyclic) bond motifs is 6. The van der Waals surface area contributed by atoms with Gasteiger partial charge in [0.05, 0.1) is 6.26 Å². The lowest BCUT2D eigenvalue weighted by Gasteiger charge is -2.44. The summed E-state index contributed by atoms with van der Waals surface area (Å²) in [6.45, 7) is -0.187. The molecule has 4 atom stereocenters. The fraction of sp³-hybridized carbons (Fsp3) is 0.417. The molecule has 2 aliphatic carbocycles. The van der Waals surface area contributed by atoms with Gasteiger partial charge in [0.1, 0.15) is 27.0 Å². The van der Waals surface area contributed by atoms with E-state index in [-0.39, 0.29) is 74.5 Å². The summed E-state index contributed by atoms with van der Waals surface area (Å²) in [6, 6.07) is 3.64. The number of halogens is 2. The van der Waals surface area contributed by atoms with Crippen molar-refractivity contribution in [3.05, 3.63) is 56.9 Å². The predicted molar refractivity (Wildman–Crippen MR) is 144 cm³/mol. The summed E-state index contributed by atoms with van der Waals surface area (Å²) in [7, 11) is -7.91. The minimum absolute atomic E-state index is 0.0602. The van der Waals surface area contributed by atoms with E-state index in [1.807, 2.05) is 0 Å². The first-order chi connectivity index (χ1) is 18.3. The number of anilines is 1. The summed E-state index contributed by atoms with van der Waals surface area (Å²) in [5, 5.41) is 16.2. The van der Waals surface area contributed by atoms with Crippen LogP contribution in [-0.2, 0) is 37.9 Å². The SMILES string of the molecule is CS(=O)(=O)NCc1csc2c1S(=O)(=O)N=C(C1=C(O)[C@@H]3[C@H]4CC[C@H](C4)[C@@H]3N(Cc3ccc(F)cc3Cl)C1=O)N2. The standard InChI is InChI=1S/C24H24ClFN4O6S3/c1-38(33,34)27-8-14-10-37-23-21(14)39(35,36)29-22(28-23)18-20(31)17-11-2-3-12(6-11)19(17)30(24(18)32)9-13-4-5-15(26)7-16(13)25/h4-5,7,10-12,17,19,27,31H,2-3,6,8-9H2,1H3,(H,28,29)/t11-,12+,17+,19-/m0/s1. The van der Waals surface area contributed by atoms with Gasteiger partial charge in [-0.15, -0.1) is 15.7 Å². The number of aliphatic hydroxyl groups excluding tert-OH is 1. The van der Waals surface area contributed by atoms with Gasteiger partial charge < -0.3 is 15.3 Å². The van der Waals surface area contributed by atoms with E-state index in [0.29, 0.717) is 5.56 Å². The van der Waals surface area contributed by atoms with E-state index in [9.17, 15) is 31.1 Å². The van der Waals surface area contributed by atoms with Crippen molar-refractivity contribution >= 4 is 59.7 Å². The number of thiophene rings is 1. The second-order valence-corrected chi connectivity index (χ2v) is 15.0. The van der Waals surface area contributed by atoms with Crippen molar-refractivity contribution in [3.63, 3.8) is 0 Å². The fourth-order valence-electron chi connectivity index (χ4n) is 6.37. The van der Waals surface area contributed by atoms with Crippen LogP contribution < -0.4 is 10.0 Å². The molecule has 0 unspecified atom stereocenters. The van der Waals surface area contributed by atoms with Gasteiger partial charge in [0.2, 0.25) is 10.0 Å². The largest absolute Gasteiger partial charge is 0.511 e. The van der Waals surface area contributed by atoms with Gasteiger partial charge >= 0.3 is 0 Å². The van der Waals surface area contributed by atoms with E-state index >= 15 is 0 Å². The molecule has 39 heavy (non-hydrogen) atoms. The highest BCUT2D eigenvalue weighted by Gasteiger charge is 2.57. The van der Waals surface area contributed by atoms with Crippen LogP contribution in [-0.4, -0.2) is 50.9 Å². The molecule has 1 aromatic heterocycles.